The lowest BCUT2D eigenvalue weighted by molar-refractivity contribution is -0.133. The van der Waals surface area contributed by atoms with Crippen LogP contribution in [-0.2, 0) is 30.5 Å². The Kier molecular flexibility index (Phi) is 19.6. The Morgan fingerprint density at radius 2 is 1.67 bits per heavy atom. The number of likely N-dealkylation sites (tertiary alicyclic amines) is 1. The summed E-state index contributed by atoms with van der Waals surface area (Å²) in [7, 11) is 0. The fourth-order valence-corrected chi connectivity index (χ4v) is 5.58. The number of terminal acetylenes is 1. The van der Waals surface area contributed by atoms with E-state index < -0.39 is 42.1 Å². The summed E-state index contributed by atoms with van der Waals surface area (Å²) in [5.41, 5.74) is 6.23. The molecule has 1 aromatic rings. The molecule has 0 bridgehead atoms. The van der Waals surface area contributed by atoms with Crippen molar-refractivity contribution in [2.75, 3.05) is 31.6 Å². The van der Waals surface area contributed by atoms with Crippen LogP contribution in [0.3, 0.4) is 0 Å². The molecule has 1 aliphatic rings. The number of nitrogens with two attached hydrogens (primary N) is 1. The van der Waals surface area contributed by atoms with Gasteiger partial charge in [-0.25, -0.2) is 9.59 Å². The fraction of sp³-hybridized carbons (Fsp3) is 0.611. The third-order valence-electron chi connectivity index (χ3n) is 8.44. The minimum Gasteiger partial charge on any atom is -0.445 e. The van der Waals surface area contributed by atoms with Crippen LogP contribution >= 0.6 is 0 Å². The highest BCUT2D eigenvalue weighted by Gasteiger charge is 2.33. The van der Waals surface area contributed by atoms with Gasteiger partial charge in [-0.05, 0) is 62.1 Å². The van der Waals surface area contributed by atoms with Gasteiger partial charge in [0.1, 0.15) is 18.7 Å². The standard InChI is InChI=1S/C36H55N7O9/c1-4-5-7-12-30(46)42-32(24(2)3)34(49)41-29(11-10-19-38-35(37)50)33(48)40-26-16-14-25(15-17-26)23-52-36(51)39-18-9-6-8-13-31(47)43-21-28(45)20-27(43)22-44/h1,14-17,24,27-29,32,44-45H,5-13,18-23H2,2-3H3,(H,39,51)(H,40,48)(H,41,49)(H,42,46)(H3,37,38,50)/t27-,28+,29-,32-/m0/s1. The highest BCUT2D eigenvalue weighted by Crippen LogP contribution is 2.19. The van der Waals surface area contributed by atoms with E-state index in [0.29, 0.717) is 69.2 Å². The van der Waals surface area contributed by atoms with Crippen molar-refractivity contribution < 1.29 is 43.7 Å². The summed E-state index contributed by atoms with van der Waals surface area (Å²) >= 11 is 0. The summed E-state index contributed by atoms with van der Waals surface area (Å²) in [5.74, 6) is 0.747. The largest absolute Gasteiger partial charge is 0.445 e. The van der Waals surface area contributed by atoms with Crippen molar-refractivity contribution in [2.24, 2.45) is 11.7 Å². The van der Waals surface area contributed by atoms with Gasteiger partial charge in [0.25, 0.3) is 0 Å². The van der Waals surface area contributed by atoms with Crippen molar-refractivity contribution in [1.82, 2.24) is 26.2 Å². The molecule has 1 saturated heterocycles. The molecule has 1 fully saturated rings. The normalized spacial score (nSPS) is 16.3. The van der Waals surface area contributed by atoms with Gasteiger partial charge in [-0.15, -0.1) is 12.3 Å². The maximum Gasteiger partial charge on any atom is 0.407 e. The number of nitrogens with one attached hydrogen (secondary N) is 5. The third-order valence-corrected chi connectivity index (χ3v) is 8.44. The van der Waals surface area contributed by atoms with Crippen LogP contribution in [0.5, 0.6) is 0 Å². The summed E-state index contributed by atoms with van der Waals surface area (Å²) in [6, 6.07) is 3.68. The zero-order chi connectivity index (χ0) is 38.5. The fourth-order valence-electron chi connectivity index (χ4n) is 5.58. The van der Waals surface area contributed by atoms with Crippen LogP contribution in [0.2, 0.25) is 0 Å². The van der Waals surface area contributed by atoms with Gasteiger partial charge in [-0.2, -0.15) is 0 Å². The van der Waals surface area contributed by atoms with Crippen molar-refractivity contribution >= 4 is 41.4 Å². The van der Waals surface area contributed by atoms with Gasteiger partial charge in [0.2, 0.25) is 23.6 Å². The lowest BCUT2D eigenvalue weighted by Gasteiger charge is -2.25. The Balaban J connectivity index is 1.82. The number of primary amides is 1. The second-order valence-corrected chi connectivity index (χ2v) is 13.1. The number of anilines is 1. The van der Waals surface area contributed by atoms with Gasteiger partial charge in [0, 0.05) is 44.6 Å². The molecule has 2 rings (SSSR count). The van der Waals surface area contributed by atoms with Crippen molar-refractivity contribution in [3.8, 4) is 12.3 Å². The molecule has 9 N–H and O–H groups in total. The van der Waals surface area contributed by atoms with E-state index in [0.717, 1.165) is 0 Å². The van der Waals surface area contributed by atoms with E-state index in [4.69, 9.17) is 16.9 Å². The Bertz CT molecular complexity index is 1370. The average Bonchev–Trinajstić information content (AvgIpc) is 3.50. The first kappa shape index (κ1) is 43.3. The quantitative estimate of drug-likeness (QED) is 0.0632. The molecule has 16 nitrogen and oxygen atoms in total. The number of hydrogen-bond donors (Lipinski definition) is 8. The maximum absolute atomic E-state index is 13.3. The van der Waals surface area contributed by atoms with Crippen LogP contribution in [0.25, 0.3) is 0 Å². The van der Waals surface area contributed by atoms with E-state index in [1.54, 1.807) is 38.1 Å². The van der Waals surface area contributed by atoms with E-state index in [2.05, 4.69) is 32.5 Å². The van der Waals surface area contributed by atoms with Crippen LogP contribution in [0.15, 0.2) is 24.3 Å². The summed E-state index contributed by atoms with van der Waals surface area (Å²) in [5, 5.41) is 32.5. The molecular formula is C36H55N7O9. The molecule has 288 valence electrons. The number of carbonyl (C=O) groups is 6. The Labute approximate surface area is 305 Å². The number of hydrogen-bond acceptors (Lipinski definition) is 9. The lowest BCUT2D eigenvalue weighted by Crippen LogP contribution is -2.54. The Hall–Kier alpha value is -4.88. The van der Waals surface area contributed by atoms with Crippen molar-refractivity contribution in [3.05, 3.63) is 29.8 Å². The Morgan fingerprint density at radius 1 is 0.962 bits per heavy atom. The number of unbranched alkanes of at least 4 members (excludes halogenated alkanes) is 3. The number of amides is 7. The van der Waals surface area contributed by atoms with Crippen LogP contribution in [-0.4, -0.2) is 101 Å². The molecule has 16 heteroatoms. The van der Waals surface area contributed by atoms with Crippen LogP contribution in [0, 0.1) is 18.3 Å². The molecule has 0 saturated carbocycles. The molecule has 0 unspecified atom stereocenters. The van der Waals surface area contributed by atoms with Crippen molar-refractivity contribution in [1.29, 1.82) is 0 Å². The number of aliphatic hydroxyl groups excluding tert-OH is 2. The molecule has 52 heavy (non-hydrogen) atoms. The predicted molar refractivity (Wildman–Crippen MR) is 193 cm³/mol. The minimum absolute atomic E-state index is 0.0150. The maximum atomic E-state index is 13.3. The summed E-state index contributed by atoms with van der Waals surface area (Å²) in [4.78, 5) is 76.1. The molecule has 1 aliphatic heterocycles. The predicted octanol–water partition coefficient (Wildman–Crippen LogP) is 1.24. The van der Waals surface area contributed by atoms with Gasteiger partial charge in [-0.1, -0.05) is 32.4 Å². The molecule has 0 radical (unpaired) electrons. The van der Waals surface area contributed by atoms with Gasteiger partial charge in [-0.3, -0.25) is 19.2 Å². The number of ether oxygens (including phenoxy) is 1. The minimum atomic E-state index is -0.994. The van der Waals surface area contributed by atoms with Gasteiger partial charge in [0.05, 0.1) is 18.8 Å². The number of benzene rings is 1. The molecule has 1 heterocycles. The topological polar surface area (TPSA) is 242 Å². The van der Waals surface area contributed by atoms with Gasteiger partial charge >= 0.3 is 12.1 Å². The number of carbonyl (C=O) groups excluding carboxylic acids is 6. The number of rotatable bonds is 22. The van der Waals surface area contributed by atoms with Gasteiger partial charge < -0.3 is 52.2 Å². The Morgan fingerprint density at radius 3 is 2.33 bits per heavy atom. The monoisotopic (exact) mass is 729 g/mol. The summed E-state index contributed by atoms with van der Waals surface area (Å²) in [6.45, 7) is 4.17. The number of β-amino-alcohol motifs (C(OH)–C–C–N with tert-alkyl or cyclic N) is 1. The van der Waals surface area contributed by atoms with Crippen molar-refractivity contribution in [3.63, 3.8) is 0 Å². The zero-order valence-corrected chi connectivity index (χ0v) is 30.2. The average molecular weight is 730 g/mol. The first-order valence-corrected chi connectivity index (χ1v) is 17.8. The molecule has 0 spiro atoms. The van der Waals surface area contributed by atoms with Crippen LogP contribution < -0.4 is 32.3 Å². The van der Waals surface area contributed by atoms with Crippen molar-refractivity contribution in [2.45, 2.75) is 109 Å². The molecular weight excluding hydrogens is 674 g/mol. The highest BCUT2D eigenvalue weighted by atomic mass is 16.5. The molecule has 4 atom stereocenters. The summed E-state index contributed by atoms with van der Waals surface area (Å²) in [6.07, 6.45) is 8.30. The lowest BCUT2D eigenvalue weighted by atomic mass is 10.0. The smallest absolute Gasteiger partial charge is 0.407 e. The van der Waals surface area contributed by atoms with E-state index in [1.807, 2.05) is 0 Å². The van der Waals surface area contributed by atoms with E-state index in [9.17, 15) is 39.0 Å². The zero-order valence-electron chi connectivity index (χ0n) is 30.2. The summed E-state index contributed by atoms with van der Waals surface area (Å²) < 4.78 is 5.28. The molecule has 0 aliphatic carbocycles. The van der Waals surface area contributed by atoms with Crippen LogP contribution in [0.1, 0.15) is 83.6 Å². The third kappa shape index (κ3) is 16.4. The number of urea groups is 1. The number of alkyl carbamates (subject to hydrolysis) is 1. The second-order valence-electron chi connectivity index (χ2n) is 13.1. The van der Waals surface area contributed by atoms with Gasteiger partial charge in [0.15, 0.2) is 0 Å². The first-order valence-electron chi connectivity index (χ1n) is 17.8. The first-order chi connectivity index (χ1) is 24.8. The second kappa shape index (κ2) is 23.6. The number of nitrogens with zero attached hydrogens (tertiary/aromatic N) is 1. The highest BCUT2D eigenvalue weighted by molar-refractivity contribution is 5.98. The number of aliphatic hydroxyl groups is 2. The van der Waals surface area contributed by atoms with E-state index in [-0.39, 0.29) is 62.9 Å². The molecule has 1 aromatic carbocycles. The van der Waals surface area contributed by atoms with Crippen LogP contribution in [0.4, 0.5) is 15.3 Å². The molecule has 7 amide bonds. The van der Waals surface area contributed by atoms with E-state index >= 15 is 0 Å². The van der Waals surface area contributed by atoms with E-state index in [1.165, 1.54) is 4.90 Å². The SMILES string of the molecule is C#CCCCC(=O)N[C@H](C(=O)N[C@@H](CCCNC(N)=O)C(=O)Nc1ccc(COC(=O)NCCCCCC(=O)N2C[C@H](O)C[C@H]2CO)cc1)C(C)C. The molecule has 0 aromatic heterocycles.